The lowest BCUT2D eigenvalue weighted by atomic mass is 10.1. The zero-order chi connectivity index (χ0) is 22.1. The first-order valence-electron chi connectivity index (χ1n) is 12.3. The second-order valence-corrected chi connectivity index (χ2v) is 7.81. The fourth-order valence-electron chi connectivity index (χ4n) is 3.15. The normalized spacial score (nSPS) is 11.4. The Kier molecular flexibility index (Phi) is 22.4. The van der Waals surface area contributed by atoms with Gasteiger partial charge in [0.05, 0.1) is 0 Å². The molecule has 0 atom stereocenters. The summed E-state index contributed by atoms with van der Waals surface area (Å²) in [7, 11) is 0. The van der Waals surface area contributed by atoms with Crippen LogP contribution >= 0.6 is 0 Å². The van der Waals surface area contributed by atoms with E-state index in [1.165, 1.54) is 38.5 Å². The fourth-order valence-corrected chi connectivity index (χ4v) is 3.15. The molecule has 0 saturated carbocycles. The van der Waals surface area contributed by atoms with Crippen LogP contribution in [0.1, 0.15) is 117 Å². The maximum absolute atomic E-state index is 11.7. The molecule has 30 heavy (non-hydrogen) atoms. The van der Waals surface area contributed by atoms with Crippen LogP contribution in [0, 0.1) is 0 Å². The number of hydrogen-bond donors (Lipinski definition) is 0. The third kappa shape index (κ3) is 22.7. The van der Waals surface area contributed by atoms with Crippen molar-refractivity contribution in [2.45, 2.75) is 117 Å². The van der Waals surface area contributed by atoms with Crippen molar-refractivity contribution < 1.29 is 19.1 Å². The Balaban J connectivity index is 3.35. The maximum atomic E-state index is 11.7. The van der Waals surface area contributed by atoms with Crippen LogP contribution in [-0.2, 0) is 19.1 Å². The first-order chi connectivity index (χ1) is 14.7. The number of ether oxygens (including phenoxy) is 2. The molecule has 0 spiro atoms. The van der Waals surface area contributed by atoms with E-state index in [-0.39, 0.29) is 25.2 Å². The quantitative estimate of drug-likeness (QED) is 0.109. The Hall–Kier alpha value is -1.58. The molecule has 0 rings (SSSR count). The standard InChI is InChI=1S/C26H46O4/c1-3-5-7-9-11-13-15-17-19-21-25(27)29-23-24-30-26(28)22-20-18-16-14-12-10-8-6-4-2/h5-8H,3-4,9-24H2,1-2H3/b7-5+,8-6+. The van der Waals surface area contributed by atoms with E-state index < -0.39 is 0 Å². The topological polar surface area (TPSA) is 52.6 Å². The van der Waals surface area contributed by atoms with E-state index in [0.29, 0.717) is 12.8 Å². The highest BCUT2D eigenvalue weighted by molar-refractivity contribution is 5.70. The zero-order valence-electron chi connectivity index (χ0n) is 19.7. The van der Waals surface area contributed by atoms with E-state index >= 15 is 0 Å². The average molecular weight is 423 g/mol. The summed E-state index contributed by atoms with van der Waals surface area (Å²) in [6.45, 7) is 4.63. The third-order valence-electron chi connectivity index (χ3n) is 4.92. The SMILES string of the molecule is CC/C=C/CCCCCCCC(=O)OCCOC(=O)CCCCCCC/C=C/CC. The molecule has 0 unspecified atom stereocenters. The Labute approximate surface area is 185 Å². The number of hydrogen-bond acceptors (Lipinski definition) is 4. The molecule has 4 heteroatoms. The van der Waals surface area contributed by atoms with Gasteiger partial charge in [-0.2, -0.15) is 0 Å². The van der Waals surface area contributed by atoms with Gasteiger partial charge in [-0.3, -0.25) is 9.59 Å². The van der Waals surface area contributed by atoms with Crippen LogP contribution in [0.3, 0.4) is 0 Å². The van der Waals surface area contributed by atoms with Crippen molar-refractivity contribution in [1.82, 2.24) is 0 Å². The van der Waals surface area contributed by atoms with Crippen molar-refractivity contribution in [2.24, 2.45) is 0 Å². The van der Waals surface area contributed by atoms with E-state index in [1.54, 1.807) is 0 Å². The minimum atomic E-state index is -0.189. The minimum absolute atomic E-state index is 0.166. The lowest BCUT2D eigenvalue weighted by molar-refractivity contribution is -0.152. The molecule has 4 nitrogen and oxygen atoms in total. The molecule has 0 aliphatic rings. The van der Waals surface area contributed by atoms with Gasteiger partial charge in [-0.25, -0.2) is 0 Å². The average Bonchev–Trinajstić information content (AvgIpc) is 2.74. The number of unbranched alkanes of at least 4 members (excludes halogenated alkanes) is 10. The molecule has 0 aromatic rings. The van der Waals surface area contributed by atoms with E-state index in [4.69, 9.17) is 9.47 Å². The summed E-state index contributed by atoms with van der Waals surface area (Å²) < 4.78 is 10.3. The van der Waals surface area contributed by atoms with E-state index in [2.05, 4.69) is 38.2 Å². The molecule has 174 valence electrons. The van der Waals surface area contributed by atoms with Crippen LogP contribution in [0.5, 0.6) is 0 Å². The van der Waals surface area contributed by atoms with Crippen molar-refractivity contribution in [3.63, 3.8) is 0 Å². The molecular weight excluding hydrogens is 376 g/mol. The van der Waals surface area contributed by atoms with Crippen LogP contribution in [0.15, 0.2) is 24.3 Å². The Bertz CT molecular complexity index is 412. The molecule has 0 amide bonds. The molecule has 0 aromatic carbocycles. The van der Waals surface area contributed by atoms with Crippen LogP contribution in [0.4, 0.5) is 0 Å². The number of carbonyl (C=O) groups is 2. The Morgan fingerprint density at radius 2 is 0.900 bits per heavy atom. The molecule has 0 N–H and O–H groups in total. The molecule has 0 bridgehead atoms. The molecule has 0 fully saturated rings. The summed E-state index contributed by atoms with van der Waals surface area (Å²) in [5, 5.41) is 0. The minimum Gasteiger partial charge on any atom is -0.462 e. The molecular formula is C26H46O4. The molecule has 0 aliphatic heterocycles. The van der Waals surface area contributed by atoms with Gasteiger partial charge < -0.3 is 9.47 Å². The summed E-state index contributed by atoms with van der Waals surface area (Å²) in [5.74, 6) is -0.378. The summed E-state index contributed by atoms with van der Waals surface area (Å²) in [5.41, 5.74) is 0. The van der Waals surface area contributed by atoms with Gasteiger partial charge in [0.15, 0.2) is 0 Å². The van der Waals surface area contributed by atoms with Crippen LogP contribution < -0.4 is 0 Å². The lowest BCUT2D eigenvalue weighted by Crippen LogP contribution is -2.13. The lowest BCUT2D eigenvalue weighted by Gasteiger charge is -2.07. The third-order valence-corrected chi connectivity index (χ3v) is 4.92. The highest BCUT2D eigenvalue weighted by Crippen LogP contribution is 2.09. The zero-order valence-corrected chi connectivity index (χ0v) is 19.7. The molecule has 0 aliphatic carbocycles. The van der Waals surface area contributed by atoms with Crippen molar-refractivity contribution in [3.05, 3.63) is 24.3 Å². The van der Waals surface area contributed by atoms with Crippen molar-refractivity contribution >= 4 is 11.9 Å². The number of esters is 2. The monoisotopic (exact) mass is 422 g/mol. The van der Waals surface area contributed by atoms with Crippen LogP contribution in [-0.4, -0.2) is 25.2 Å². The first kappa shape index (κ1) is 28.4. The van der Waals surface area contributed by atoms with Crippen molar-refractivity contribution in [1.29, 1.82) is 0 Å². The Morgan fingerprint density at radius 1 is 0.533 bits per heavy atom. The van der Waals surface area contributed by atoms with Crippen molar-refractivity contribution in [3.8, 4) is 0 Å². The predicted octanol–water partition coefficient (Wildman–Crippen LogP) is 7.47. The van der Waals surface area contributed by atoms with E-state index in [1.807, 2.05) is 0 Å². The van der Waals surface area contributed by atoms with Crippen molar-refractivity contribution in [2.75, 3.05) is 13.2 Å². The van der Waals surface area contributed by atoms with Crippen LogP contribution in [0.2, 0.25) is 0 Å². The van der Waals surface area contributed by atoms with Gasteiger partial charge in [0.25, 0.3) is 0 Å². The molecule has 0 aromatic heterocycles. The van der Waals surface area contributed by atoms with Gasteiger partial charge in [-0.15, -0.1) is 0 Å². The molecule has 0 saturated heterocycles. The second kappa shape index (κ2) is 23.7. The predicted molar refractivity (Wildman–Crippen MR) is 125 cm³/mol. The largest absolute Gasteiger partial charge is 0.462 e. The summed E-state index contributed by atoms with van der Waals surface area (Å²) >= 11 is 0. The number of allylic oxidation sites excluding steroid dienone is 4. The molecule has 0 heterocycles. The fraction of sp³-hybridized carbons (Fsp3) is 0.769. The van der Waals surface area contributed by atoms with Gasteiger partial charge in [0, 0.05) is 12.8 Å². The highest BCUT2D eigenvalue weighted by Gasteiger charge is 2.05. The van der Waals surface area contributed by atoms with Crippen LogP contribution in [0.25, 0.3) is 0 Å². The Morgan fingerprint density at radius 3 is 1.30 bits per heavy atom. The highest BCUT2D eigenvalue weighted by atomic mass is 16.6. The summed E-state index contributed by atoms with van der Waals surface area (Å²) in [6, 6.07) is 0. The van der Waals surface area contributed by atoms with Gasteiger partial charge in [-0.1, -0.05) is 76.7 Å². The first-order valence-corrected chi connectivity index (χ1v) is 12.3. The second-order valence-electron chi connectivity index (χ2n) is 7.81. The van der Waals surface area contributed by atoms with E-state index in [0.717, 1.165) is 51.4 Å². The molecule has 0 radical (unpaired) electrons. The van der Waals surface area contributed by atoms with Gasteiger partial charge in [0.2, 0.25) is 0 Å². The summed E-state index contributed by atoms with van der Waals surface area (Å²) in [4.78, 5) is 23.3. The summed E-state index contributed by atoms with van der Waals surface area (Å²) in [6.07, 6.45) is 25.5. The van der Waals surface area contributed by atoms with Gasteiger partial charge >= 0.3 is 11.9 Å². The number of rotatable bonds is 21. The maximum Gasteiger partial charge on any atom is 0.305 e. The smallest absolute Gasteiger partial charge is 0.305 e. The number of carbonyl (C=O) groups excluding carboxylic acids is 2. The van der Waals surface area contributed by atoms with Gasteiger partial charge in [0.1, 0.15) is 13.2 Å². The van der Waals surface area contributed by atoms with Gasteiger partial charge in [-0.05, 0) is 51.4 Å². The van der Waals surface area contributed by atoms with E-state index in [9.17, 15) is 9.59 Å².